The molecule has 0 radical (unpaired) electrons. The normalized spacial score (nSPS) is 22.4. The molecule has 1 atom stereocenters. The molecule has 0 aromatic heterocycles. The van der Waals surface area contributed by atoms with Crippen LogP contribution in [0.25, 0.3) is 0 Å². The van der Waals surface area contributed by atoms with Gasteiger partial charge in [-0.3, -0.25) is 0 Å². The Hall–Kier alpha value is -1.02. The van der Waals surface area contributed by atoms with Crippen molar-refractivity contribution in [2.45, 2.75) is 18.9 Å². The zero-order valence-corrected chi connectivity index (χ0v) is 8.74. The number of para-hydroxylation sites is 1. The molecule has 1 aliphatic rings. The second-order valence-corrected chi connectivity index (χ2v) is 3.91. The van der Waals surface area contributed by atoms with Gasteiger partial charge in [-0.15, -0.1) is 0 Å². The van der Waals surface area contributed by atoms with Gasteiger partial charge in [0.2, 0.25) is 0 Å². The van der Waals surface area contributed by atoms with Gasteiger partial charge in [0, 0.05) is 24.8 Å². The molecule has 2 heteroatoms. The molecule has 1 heterocycles. The highest BCUT2D eigenvalue weighted by atomic mass is 15.2. The lowest BCUT2D eigenvalue weighted by atomic mass is 10.1. The minimum Gasteiger partial charge on any atom is -0.370 e. The Morgan fingerprint density at radius 2 is 2.07 bits per heavy atom. The highest BCUT2D eigenvalue weighted by molar-refractivity contribution is 5.46. The molecule has 0 spiro atoms. The molecule has 1 aromatic rings. The predicted molar refractivity (Wildman–Crippen MR) is 60.7 cm³/mol. The summed E-state index contributed by atoms with van der Waals surface area (Å²) >= 11 is 0. The summed E-state index contributed by atoms with van der Waals surface area (Å²) in [5.41, 5.74) is 1.35. The fourth-order valence-electron chi connectivity index (χ4n) is 2.09. The van der Waals surface area contributed by atoms with Crippen LogP contribution < -0.4 is 10.2 Å². The summed E-state index contributed by atoms with van der Waals surface area (Å²) in [5.74, 6) is 0. The van der Waals surface area contributed by atoms with Gasteiger partial charge in [0.1, 0.15) is 0 Å². The van der Waals surface area contributed by atoms with Crippen molar-refractivity contribution in [2.75, 3.05) is 25.0 Å². The SMILES string of the molecule is CN[C@H]1CCCN(c2ccccc2)C1. The van der Waals surface area contributed by atoms with E-state index in [2.05, 4.69) is 47.6 Å². The number of anilines is 1. The molecule has 1 aromatic carbocycles. The number of benzene rings is 1. The molecule has 0 amide bonds. The summed E-state index contributed by atoms with van der Waals surface area (Å²) in [5, 5.41) is 3.36. The molecule has 2 rings (SSSR count). The average molecular weight is 190 g/mol. The Morgan fingerprint density at radius 3 is 2.79 bits per heavy atom. The molecule has 14 heavy (non-hydrogen) atoms. The van der Waals surface area contributed by atoms with Crippen molar-refractivity contribution < 1.29 is 0 Å². The van der Waals surface area contributed by atoms with Crippen LogP contribution in [0.5, 0.6) is 0 Å². The molecular formula is C12H18N2. The van der Waals surface area contributed by atoms with Crippen molar-refractivity contribution in [1.29, 1.82) is 0 Å². The maximum absolute atomic E-state index is 3.36. The quantitative estimate of drug-likeness (QED) is 0.766. The highest BCUT2D eigenvalue weighted by Gasteiger charge is 2.17. The molecule has 0 unspecified atom stereocenters. The molecule has 1 saturated heterocycles. The first-order chi connectivity index (χ1) is 6.90. The van der Waals surface area contributed by atoms with Crippen LogP contribution in [-0.2, 0) is 0 Å². The zero-order valence-electron chi connectivity index (χ0n) is 8.74. The molecule has 1 fully saturated rings. The molecular weight excluding hydrogens is 172 g/mol. The first kappa shape index (κ1) is 9.53. The van der Waals surface area contributed by atoms with E-state index < -0.39 is 0 Å². The summed E-state index contributed by atoms with van der Waals surface area (Å²) in [6.07, 6.45) is 2.60. The largest absolute Gasteiger partial charge is 0.370 e. The number of hydrogen-bond acceptors (Lipinski definition) is 2. The van der Waals surface area contributed by atoms with Gasteiger partial charge in [-0.2, -0.15) is 0 Å². The van der Waals surface area contributed by atoms with E-state index >= 15 is 0 Å². The van der Waals surface area contributed by atoms with Crippen LogP contribution in [0, 0.1) is 0 Å². The van der Waals surface area contributed by atoms with Crippen LogP contribution >= 0.6 is 0 Å². The molecule has 0 aliphatic carbocycles. The second kappa shape index (κ2) is 4.47. The summed E-state index contributed by atoms with van der Waals surface area (Å²) in [6, 6.07) is 11.3. The summed E-state index contributed by atoms with van der Waals surface area (Å²) in [4.78, 5) is 2.46. The van der Waals surface area contributed by atoms with E-state index in [0.717, 1.165) is 6.54 Å². The van der Waals surface area contributed by atoms with Crippen molar-refractivity contribution in [3.05, 3.63) is 30.3 Å². The standard InChI is InChI=1S/C12H18N2/c1-13-11-6-5-9-14(10-11)12-7-3-2-4-8-12/h2-4,7-8,11,13H,5-6,9-10H2,1H3/t11-/m0/s1. The van der Waals surface area contributed by atoms with Crippen LogP contribution in [0.15, 0.2) is 30.3 Å². The Balaban J connectivity index is 2.04. The minimum absolute atomic E-state index is 0.656. The molecule has 2 nitrogen and oxygen atoms in total. The van der Waals surface area contributed by atoms with Gasteiger partial charge < -0.3 is 10.2 Å². The van der Waals surface area contributed by atoms with E-state index in [0.29, 0.717) is 6.04 Å². The Kier molecular flexibility index (Phi) is 3.04. The molecule has 1 N–H and O–H groups in total. The van der Waals surface area contributed by atoms with E-state index in [9.17, 15) is 0 Å². The number of piperidine rings is 1. The fraction of sp³-hybridized carbons (Fsp3) is 0.500. The lowest BCUT2D eigenvalue weighted by Gasteiger charge is -2.34. The summed E-state index contributed by atoms with van der Waals surface area (Å²) in [6.45, 7) is 2.34. The average Bonchev–Trinajstić information content (AvgIpc) is 2.30. The smallest absolute Gasteiger partial charge is 0.0366 e. The lowest BCUT2D eigenvalue weighted by molar-refractivity contribution is 0.449. The first-order valence-electron chi connectivity index (χ1n) is 5.37. The third kappa shape index (κ3) is 2.07. The van der Waals surface area contributed by atoms with E-state index in [1.165, 1.54) is 25.1 Å². The monoisotopic (exact) mass is 190 g/mol. The second-order valence-electron chi connectivity index (χ2n) is 3.91. The van der Waals surface area contributed by atoms with E-state index in [1.54, 1.807) is 0 Å². The third-order valence-corrected chi connectivity index (χ3v) is 2.95. The Morgan fingerprint density at radius 1 is 1.29 bits per heavy atom. The number of rotatable bonds is 2. The third-order valence-electron chi connectivity index (χ3n) is 2.95. The van der Waals surface area contributed by atoms with Gasteiger partial charge in [-0.05, 0) is 32.0 Å². The molecule has 0 saturated carbocycles. The van der Waals surface area contributed by atoms with Crippen molar-refractivity contribution in [1.82, 2.24) is 5.32 Å². The summed E-state index contributed by atoms with van der Waals surface area (Å²) in [7, 11) is 2.05. The molecule has 76 valence electrons. The fourth-order valence-corrected chi connectivity index (χ4v) is 2.09. The Bertz CT molecular complexity index is 271. The number of hydrogen-bond donors (Lipinski definition) is 1. The van der Waals surface area contributed by atoms with Crippen LogP contribution in [0.3, 0.4) is 0 Å². The van der Waals surface area contributed by atoms with E-state index in [1.807, 2.05) is 0 Å². The van der Waals surface area contributed by atoms with Gasteiger partial charge in [0.15, 0.2) is 0 Å². The lowest BCUT2D eigenvalue weighted by Crippen LogP contribution is -2.44. The maximum atomic E-state index is 3.36. The van der Waals surface area contributed by atoms with Crippen LogP contribution in [-0.4, -0.2) is 26.2 Å². The van der Waals surface area contributed by atoms with Crippen molar-refractivity contribution in [3.63, 3.8) is 0 Å². The summed E-state index contributed by atoms with van der Waals surface area (Å²) < 4.78 is 0. The number of nitrogens with one attached hydrogen (secondary N) is 1. The van der Waals surface area contributed by atoms with Gasteiger partial charge >= 0.3 is 0 Å². The maximum Gasteiger partial charge on any atom is 0.0366 e. The molecule has 1 aliphatic heterocycles. The van der Waals surface area contributed by atoms with Crippen LogP contribution in [0.4, 0.5) is 5.69 Å². The zero-order chi connectivity index (χ0) is 9.80. The minimum atomic E-state index is 0.656. The first-order valence-corrected chi connectivity index (χ1v) is 5.37. The van der Waals surface area contributed by atoms with Gasteiger partial charge in [-0.25, -0.2) is 0 Å². The number of nitrogens with zero attached hydrogens (tertiary/aromatic N) is 1. The van der Waals surface area contributed by atoms with Crippen LogP contribution in [0.1, 0.15) is 12.8 Å². The topological polar surface area (TPSA) is 15.3 Å². The van der Waals surface area contributed by atoms with Crippen LogP contribution in [0.2, 0.25) is 0 Å². The molecule has 0 bridgehead atoms. The van der Waals surface area contributed by atoms with Crippen molar-refractivity contribution in [3.8, 4) is 0 Å². The van der Waals surface area contributed by atoms with Gasteiger partial charge in [0.05, 0.1) is 0 Å². The van der Waals surface area contributed by atoms with E-state index in [-0.39, 0.29) is 0 Å². The Labute approximate surface area is 85.9 Å². The van der Waals surface area contributed by atoms with Crippen molar-refractivity contribution >= 4 is 5.69 Å². The van der Waals surface area contributed by atoms with Gasteiger partial charge in [0.25, 0.3) is 0 Å². The highest BCUT2D eigenvalue weighted by Crippen LogP contribution is 2.18. The van der Waals surface area contributed by atoms with Crippen molar-refractivity contribution in [2.24, 2.45) is 0 Å². The van der Waals surface area contributed by atoms with Gasteiger partial charge in [-0.1, -0.05) is 18.2 Å². The number of likely N-dealkylation sites (N-methyl/N-ethyl adjacent to an activating group) is 1. The predicted octanol–water partition coefficient (Wildman–Crippen LogP) is 1.87. The van der Waals surface area contributed by atoms with E-state index in [4.69, 9.17) is 0 Å².